The molecule has 0 bridgehead atoms. The van der Waals surface area contributed by atoms with E-state index in [1.165, 1.54) is 16.1 Å². The van der Waals surface area contributed by atoms with Gasteiger partial charge in [-0.3, -0.25) is 4.79 Å². The Bertz CT molecular complexity index is 625. The lowest BCUT2D eigenvalue weighted by Gasteiger charge is -2.32. The van der Waals surface area contributed by atoms with E-state index in [2.05, 4.69) is 0 Å². The fraction of sp³-hybridized carbons (Fsp3) is 0.562. The molecule has 1 aromatic carbocycles. The van der Waals surface area contributed by atoms with Crippen LogP contribution in [-0.4, -0.2) is 49.9 Å². The van der Waals surface area contributed by atoms with Crippen molar-refractivity contribution >= 4 is 15.9 Å². The molecule has 6 heteroatoms. The molecular formula is C16H24N2O3S. The number of aryl methyl sites for hydroxylation is 1. The molecule has 1 aliphatic rings. The average Bonchev–Trinajstić information content (AvgIpc) is 2.48. The number of sulfonamides is 1. The van der Waals surface area contributed by atoms with Crippen LogP contribution in [0, 0.1) is 12.8 Å². The Morgan fingerprint density at radius 1 is 1.32 bits per heavy atom. The normalized spacial score (nSPS) is 19.9. The topological polar surface area (TPSA) is 57.7 Å². The first-order valence-corrected chi connectivity index (χ1v) is 9.38. The second kappa shape index (κ2) is 6.79. The summed E-state index contributed by atoms with van der Waals surface area (Å²) in [6.45, 7) is 3.40. The minimum absolute atomic E-state index is 0.0222. The Labute approximate surface area is 133 Å². The minimum Gasteiger partial charge on any atom is -0.341 e. The molecule has 1 unspecified atom stereocenters. The van der Waals surface area contributed by atoms with E-state index in [0.717, 1.165) is 18.4 Å². The maximum absolute atomic E-state index is 12.5. The molecule has 1 atom stereocenters. The van der Waals surface area contributed by atoms with Gasteiger partial charge in [0.25, 0.3) is 0 Å². The van der Waals surface area contributed by atoms with Gasteiger partial charge in [-0.1, -0.05) is 29.8 Å². The molecule has 1 heterocycles. The molecule has 0 radical (unpaired) electrons. The highest BCUT2D eigenvalue weighted by molar-refractivity contribution is 7.88. The van der Waals surface area contributed by atoms with Crippen LogP contribution >= 0.6 is 0 Å². The van der Waals surface area contributed by atoms with E-state index in [1.54, 1.807) is 11.9 Å². The van der Waals surface area contributed by atoms with Crippen LogP contribution in [0.2, 0.25) is 0 Å². The van der Waals surface area contributed by atoms with Crippen molar-refractivity contribution in [2.75, 3.05) is 26.4 Å². The van der Waals surface area contributed by atoms with E-state index in [4.69, 9.17) is 0 Å². The molecule has 0 aromatic heterocycles. The predicted octanol–water partition coefficient (Wildman–Crippen LogP) is 1.63. The van der Waals surface area contributed by atoms with Gasteiger partial charge in [0, 0.05) is 26.7 Å². The molecule has 5 nitrogen and oxygen atoms in total. The third-order valence-corrected chi connectivity index (χ3v) is 5.39. The molecular weight excluding hydrogens is 300 g/mol. The standard InChI is InChI=1S/C16H24N2O3S/c1-13-6-8-14(9-7-13)11-17(2)16(19)15-5-4-10-18(12-15)22(3,20)21/h6-9,15H,4-5,10-12H2,1-3H3. The summed E-state index contributed by atoms with van der Waals surface area (Å²) in [6.07, 6.45) is 2.70. The summed E-state index contributed by atoms with van der Waals surface area (Å²) < 4.78 is 24.7. The monoisotopic (exact) mass is 324 g/mol. The molecule has 1 amide bonds. The van der Waals surface area contributed by atoms with E-state index in [-0.39, 0.29) is 11.8 Å². The van der Waals surface area contributed by atoms with Crippen molar-refractivity contribution in [3.63, 3.8) is 0 Å². The third kappa shape index (κ3) is 4.30. The molecule has 1 saturated heterocycles. The third-order valence-electron chi connectivity index (χ3n) is 4.12. The summed E-state index contributed by atoms with van der Waals surface area (Å²) in [7, 11) is -1.44. The Morgan fingerprint density at radius 2 is 1.95 bits per heavy atom. The Kier molecular flexibility index (Phi) is 5.24. The highest BCUT2D eigenvalue weighted by atomic mass is 32.2. The first-order chi connectivity index (χ1) is 10.3. The minimum atomic E-state index is -3.22. The molecule has 122 valence electrons. The summed E-state index contributed by atoms with van der Waals surface area (Å²) >= 11 is 0. The number of rotatable bonds is 4. The average molecular weight is 324 g/mol. The van der Waals surface area contributed by atoms with Crippen LogP contribution in [0.3, 0.4) is 0 Å². The van der Waals surface area contributed by atoms with Crippen molar-refractivity contribution in [2.24, 2.45) is 5.92 Å². The number of carbonyl (C=O) groups excluding carboxylic acids is 1. The first-order valence-electron chi connectivity index (χ1n) is 7.53. The molecule has 0 saturated carbocycles. The van der Waals surface area contributed by atoms with Crippen LogP contribution in [0.15, 0.2) is 24.3 Å². The van der Waals surface area contributed by atoms with E-state index >= 15 is 0 Å². The van der Waals surface area contributed by atoms with E-state index in [9.17, 15) is 13.2 Å². The summed E-state index contributed by atoms with van der Waals surface area (Å²) in [5.74, 6) is -0.215. The number of amides is 1. The molecule has 2 rings (SSSR count). The number of nitrogens with zero attached hydrogens (tertiary/aromatic N) is 2. The van der Waals surface area contributed by atoms with Crippen molar-refractivity contribution < 1.29 is 13.2 Å². The van der Waals surface area contributed by atoms with Crippen molar-refractivity contribution in [3.05, 3.63) is 35.4 Å². The van der Waals surface area contributed by atoms with Crippen LogP contribution < -0.4 is 0 Å². The van der Waals surface area contributed by atoms with Gasteiger partial charge in [-0.2, -0.15) is 0 Å². The summed E-state index contributed by atoms with van der Waals surface area (Å²) in [6, 6.07) is 8.09. The van der Waals surface area contributed by atoms with Gasteiger partial charge < -0.3 is 4.90 Å². The second-order valence-electron chi connectivity index (χ2n) is 6.14. The molecule has 0 spiro atoms. The maximum atomic E-state index is 12.5. The highest BCUT2D eigenvalue weighted by Gasteiger charge is 2.31. The lowest BCUT2D eigenvalue weighted by molar-refractivity contribution is -0.135. The van der Waals surface area contributed by atoms with Crippen LogP contribution in [0.25, 0.3) is 0 Å². The number of hydrogen-bond donors (Lipinski definition) is 0. The van der Waals surface area contributed by atoms with E-state index < -0.39 is 10.0 Å². The Hall–Kier alpha value is -1.40. The van der Waals surface area contributed by atoms with Crippen LogP contribution in [0.5, 0.6) is 0 Å². The number of piperidine rings is 1. The van der Waals surface area contributed by atoms with Crippen LogP contribution in [0.4, 0.5) is 0 Å². The SMILES string of the molecule is Cc1ccc(CN(C)C(=O)C2CCCN(S(C)(=O)=O)C2)cc1. The molecule has 1 aliphatic heterocycles. The molecule has 0 aliphatic carbocycles. The van der Waals surface area contributed by atoms with Crippen molar-refractivity contribution in [1.29, 1.82) is 0 Å². The van der Waals surface area contributed by atoms with Gasteiger partial charge in [0.05, 0.1) is 12.2 Å². The quantitative estimate of drug-likeness (QED) is 0.846. The zero-order chi connectivity index (χ0) is 16.3. The number of benzene rings is 1. The molecule has 22 heavy (non-hydrogen) atoms. The Morgan fingerprint density at radius 3 is 2.55 bits per heavy atom. The Balaban J connectivity index is 1.99. The second-order valence-corrected chi connectivity index (χ2v) is 8.12. The van der Waals surface area contributed by atoms with Gasteiger partial charge >= 0.3 is 0 Å². The van der Waals surface area contributed by atoms with Gasteiger partial charge in [-0.25, -0.2) is 12.7 Å². The molecule has 0 N–H and O–H groups in total. The van der Waals surface area contributed by atoms with E-state index in [0.29, 0.717) is 19.6 Å². The van der Waals surface area contributed by atoms with Gasteiger partial charge in [0.15, 0.2) is 0 Å². The lowest BCUT2D eigenvalue weighted by atomic mass is 9.98. The maximum Gasteiger partial charge on any atom is 0.227 e. The summed E-state index contributed by atoms with van der Waals surface area (Å²) in [5, 5.41) is 0. The van der Waals surface area contributed by atoms with Crippen LogP contribution in [-0.2, 0) is 21.4 Å². The largest absolute Gasteiger partial charge is 0.341 e. The van der Waals surface area contributed by atoms with E-state index in [1.807, 2.05) is 31.2 Å². The van der Waals surface area contributed by atoms with Gasteiger partial charge in [-0.15, -0.1) is 0 Å². The zero-order valence-electron chi connectivity index (χ0n) is 13.4. The van der Waals surface area contributed by atoms with Gasteiger partial charge in [0.1, 0.15) is 0 Å². The van der Waals surface area contributed by atoms with Gasteiger partial charge in [0.2, 0.25) is 15.9 Å². The van der Waals surface area contributed by atoms with Crippen molar-refractivity contribution in [3.8, 4) is 0 Å². The fourth-order valence-electron chi connectivity index (χ4n) is 2.80. The molecule has 1 aromatic rings. The van der Waals surface area contributed by atoms with Gasteiger partial charge in [-0.05, 0) is 25.3 Å². The summed E-state index contributed by atoms with van der Waals surface area (Å²) in [4.78, 5) is 14.2. The zero-order valence-corrected chi connectivity index (χ0v) is 14.3. The number of carbonyl (C=O) groups is 1. The predicted molar refractivity (Wildman–Crippen MR) is 86.8 cm³/mol. The van der Waals surface area contributed by atoms with Crippen molar-refractivity contribution in [1.82, 2.24) is 9.21 Å². The summed E-state index contributed by atoms with van der Waals surface area (Å²) in [5.41, 5.74) is 2.27. The number of hydrogen-bond acceptors (Lipinski definition) is 3. The molecule has 1 fully saturated rings. The van der Waals surface area contributed by atoms with Crippen LogP contribution in [0.1, 0.15) is 24.0 Å². The first kappa shape index (κ1) is 17.0. The van der Waals surface area contributed by atoms with Crippen molar-refractivity contribution in [2.45, 2.75) is 26.3 Å². The fourth-order valence-corrected chi connectivity index (χ4v) is 3.71. The smallest absolute Gasteiger partial charge is 0.227 e. The highest BCUT2D eigenvalue weighted by Crippen LogP contribution is 2.21. The lowest BCUT2D eigenvalue weighted by Crippen LogP contribution is -2.45.